The van der Waals surface area contributed by atoms with E-state index in [4.69, 9.17) is 0 Å². The van der Waals surface area contributed by atoms with Crippen molar-refractivity contribution in [3.05, 3.63) is 0 Å². The van der Waals surface area contributed by atoms with E-state index >= 15 is 0 Å². The van der Waals surface area contributed by atoms with E-state index in [0.29, 0.717) is 0 Å². The molecule has 0 saturated heterocycles. The van der Waals surface area contributed by atoms with Crippen molar-refractivity contribution in [2.45, 2.75) is 50.5 Å². The summed E-state index contributed by atoms with van der Waals surface area (Å²) >= 11 is 0. The van der Waals surface area contributed by atoms with Gasteiger partial charge in [-0.05, 0) is 12.8 Å². The van der Waals surface area contributed by atoms with E-state index < -0.39 is 10.8 Å². The van der Waals surface area contributed by atoms with Gasteiger partial charge in [-0.15, -0.1) is 0 Å². The van der Waals surface area contributed by atoms with Crippen molar-refractivity contribution >= 4 is 16.8 Å². The van der Waals surface area contributed by atoms with E-state index in [9.17, 15) is 9.00 Å². The quantitative estimate of drug-likeness (QED) is 0.642. The maximum atomic E-state index is 11.9. The van der Waals surface area contributed by atoms with Crippen molar-refractivity contribution in [3.8, 4) is 0 Å². The van der Waals surface area contributed by atoms with Gasteiger partial charge >= 0.3 is 5.97 Å². The Balaban J connectivity index is 4.16. The molecule has 0 bridgehead atoms. The number of carbonyl (C=O) groups excluding carboxylic acids is 1. The number of hydrogen-bond acceptors (Lipinski definition) is 3. The molecule has 0 aromatic heterocycles. The fraction of sp³-hybridized carbons (Fsp3) is 0.900. The molecule has 0 aliphatic rings. The topological polar surface area (TPSA) is 43.4 Å². The minimum atomic E-state index is -0.926. The van der Waals surface area contributed by atoms with E-state index in [1.807, 2.05) is 20.8 Å². The molecule has 0 aromatic rings. The highest BCUT2D eigenvalue weighted by Gasteiger charge is 2.21. The molecular weight excluding hydrogens is 200 g/mol. The zero-order valence-electron chi connectivity index (χ0n) is 9.41. The molecule has 0 aliphatic carbocycles. The van der Waals surface area contributed by atoms with Gasteiger partial charge in [-0.2, -0.15) is 0 Å². The molecule has 0 radical (unpaired) electrons. The lowest BCUT2D eigenvalue weighted by molar-refractivity contribution is -0.140. The molecule has 0 N–H and O–H groups in total. The van der Waals surface area contributed by atoms with E-state index in [2.05, 4.69) is 4.74 Å². The van der Waals surface area contributed by atoms with Crippen LogP contribution in [-0.4, -0.2) is 27.8 Å². The van der Waals surface area contributed by atoms with Crippen molar-refractivity contribution in [2.24, 2.45) is 0 Å². The average molecular weight is 220 g/mol. The molecule has 0 rings (SSSR count). The Bertz CT molecular complexity index is 200. The van der Waals surface area contributed by atoms with Crippen LogP contribution >= 0.6 is 0 Å². The molecule has 0 spiro atoms. The number of carbonyl (C=O) groups is 1. The second kappa shape index (κ2) is 6.98. The normalized spacial score (nSPS) is 15.2. The van der Waals surface area contributed by atoms with Gasteiger partial charge in [-0.1, -0.05) is 20.8 Å². The first-order valence-electron chi connectivity index (χ1n) is 5.02. The Kier molecular flexibility index (Phi) is 6.79. The van der Waals surface area contributed by atoms with Crippen molar-refractivity contribution in [3.63, 3.8) is 0 Å². The van der Waals surface area contributed by atoms with E-state index in [1.165, 1.54) is 7.11 Å². The van der Waals surface area contributed by atoms with Gasteiger partial charge in [-0.25, -0.2) is 0 Å². The molecule has 3 nitrogen and oxygen atoms in total. The van der Waals surface area contributed by atoms with Crippen molar-refractivity contribution < 1.29 is 13.7 Å². The van der Waals surface area contributed by atoms with E-state index in [0.717, 1.165) is 12.8 Å². The number of hydrogen-bond donors (Lipinski definition) is 0. The predicted octanol–water partition coefficient (Wildman–Crippen LogP) is 1.88. The molecule has 0 heterocycles. The van der Waals surface area contributed by atoms with E-state index in [1.54, 1.807) is 0 Å². The first kappa shape index (κ1) is 13.6. The lowest BCUT2D eigenvalue weighted by Gasteiger charge is -2.17. The average Bonchev–Trinajstić information content (AvgIpc) is 2.19. The third-order valence-electron chi connectivity index (χ3n) is 2.32. The van der Waals surface area contributed by atoms with Crippen LogP contribution in [0.1, 0.15) is 40.0 Å². The molecule has 84 valence electrons. The lowest BCUT2D eigenvalue weighted by atomic mass is 10.3. The number of ether oxygens (including phenoxy) is 1. The molecule has 2 unspecified atom stereocenters. The van der Waals surface area contributed by atoms with Crippen LogP contribution < -0.4 is 0 Å². The van der Waals surface area contributed by atoms with Crippen LogP contribution in [0.5, 0.6) is 0 Å². The second-order valence-electron chi connectivity index (χ2n) is 3.36. The van der Waals surface area contributed by atoms with Gasteiger partial charge in [0.1, 0.15) is 0 Å². The fourth-order valence-electron chi connectivity index (χ4n) is 1.35. The number of methoxy groups -OCH3 is 1. The summed E-state index contributed by atoms with van der Waals surface area (Å²) in [6.45, 7) is 5.89. The van der Waals surface area contributed by atoms with Gasteiger partial charge in [0, 0.05) is 21.3 Å². The second-order valence-corrected chi connectivity index (χ2v) is 5.49. The predicted molar refractivity (Wildman–Crippen MR) is 58.6 cm³/mol. The van der Waals surface area contributed by atoms with Crippen molar-refractivity contribution in [1.82, 2.24) is 0 Å². The maximum Gasteiger partial charge on any atom is 0.306 e. The molecule has 14 heavy (non-hydrogen) atoms. The molecule has 0 amide bonds. The molecule has 0 fully saturated rings. The largest absolute Gasteiger partial charge is 0.469 e. The van der Waals surface area contributed by atoms with Gasteiger partial charge < -0.3 is 4.74 Å². The number of rotatable bonds is 6. The Morgan fingerprint density at radius 2 is 1.86 bits per heavy atom. The van der Waals surface area contributed by atoms with Crippen LogP contribution in [0.15, 0.2) is 0 Å². The summed E-state index contributed by atoms with van der Waals surface area (Å²) in [6.07, 6.45) is 2.04. The van der Waals surface area contributed by atoms with Crippen molar-refractivity contribution in [1.29, 1.82) is 0 Å². The standard InChI is InChI=1S/C10H20O3S/c1-5-9(6-2)14(12)8(3)7-10(11)13-4/h8-9H,5-7H2,1-4H3. The fourth-order valence-corrected chi connectivity index (χ4v) is 2.96. The zero-order valence-corrected chi connectivity index (χ0v) is 10.2. The smallest absolute Gasteiger partial charge is 0.306 e. The SMILES string of the molecule is CCC(CC)S(=O)C(C)CC(=O)OC. The summed E-state index contributed by atoms with van der Waals surface area (Å²) in [4.78, 5) is 11.0. The molecule has 0 aliphatic heterocycles. The molecule has 0 aromatic carbocycles. The van der Waals surface area contributed by atoms with Gasteiger partial charge in [0.25, 0.3) is 0 Å². The highest BCUT2D eigenvalue weighted by atomic mass is 32.2. The Labute approximate surface area is 88.7 Å². The maximum absolute atomic E-state index is 11.9. The third-order valence-corrected chi connectivity index (χ3v) is 4.60. The lowest BCUT2D eigenvalue weighted by Crippen LogP contribution is -2.25. The molecule has 0 saturated carbocycles. The molecular formula is C10H20O3S. The summed E-state index contributed by atoms with van der Waals surface area (Å²) in [7, 11) is 0.431. The van der Waals surface area contributed by atoms with Crippen LogP contribution in [0.2, 0.25) is 0 Å². The minimum Gasteiger partial charge on any atom is -0.469 e. The highest BCUT2D eigenvalue weighted by molar-refractivity contribution is 7.86. The summed E-state index contributed by atoms with van der Waals surface area (Å²) in [6, 6.07) is 0. The highest BCUT2D eigenvalue weighted by Crippen LogP contribution is 2.14. The minimum absolute atomic E-state index is 0.104. The van der Waals surface area contributed by atoms with Gasteiger partial charge in [-0.3, -0.25) is 9.00 Å². The van der Waals surface area contributed by atoms with Crippen LogP contribution in [0.3, 0.4) is 0 Å². The Morgan fingerprint density at radius 1 is 1.36 bits per heavy atom. The Morgan fingerprint density at radius 3 is 2.21 bits per heavy atom. The van der Waals surface area contributed by atoms with Crippen LogP contribution in [0, 0.1) is 0 Å². The third kappa shape index (κ3) is 4.22. The van der Waals surface area contributed by atoms with E-state index in [-0.39, 0.29) is 22.9 Å². The summed E-state index contributed by atoms with van der Waals surface area (Å²) in [5.74, 6) is -0.281. The zero-order chi connectivity index (χ0) is 11.1. The van der Waals surface area contributed by atoms with Crippen LogP contribution in [0.25, 0.3) is 0 Å². The first-order chi connectivity index (χ1) is 6.56. The molecule has 2 atom stereocenters. The van der Waals surface area contributed by atoms with Crippen LogP contribution in [0.4, 0.5) is 0 Å². The monoisotopic (exact) mass is 220 g/mol. The summed E-state index contributed by atoms with van der Waals surface area (Å²) < 4.78 is 16.4. The molecule has 4 heteroatoms. The van der Waals surface area contributed by atoms with Crippen molar-refractivity contribution in [2.75, 3.05) is 7.11 Å². The van der Waals surface area contributed by atoms with Crippen LogP contribution in [-0.2, 0) is 20.3 Å². The van der Waals surface area contributed by atoms with Gasteiger partial charge in [0.05, 0.1) is 13.5 Å². The van der Waals surface area contributed by atoms with Gasteiger partial charge in [0.15, 0.2) is 0 Å². The van der Waals surface area contributed by atoms with Gasteiger partial charge in [0.2, 0.25) is 0 Å². The summed E-state index contributed by atoms with van der Waals surface area (Å²) in [5.41, 5.74) is 0. The number of esters is 1. The summed E-state index contributed by atoms with van der Waals surface area (Å²) in [5, 5.41) is 0.0991. The Hall–Kier alpha value is -0.380. The first-order valence-corrected chi connectivity index (χ1v) is 6.30.